The highest BCUT2D eigenvalue weighted by atomic mass is 16.6. The molecule has 0 aliphatic heterocycles. The molecular weight excluding hydrogens is 246 g/mol. The van der Waals surface area contributed by atoms with Crippen LogP contribution in [0.2, 0.25) is 0 Å². The second-order valence-electron chi connectivity index (χ2n) is 4.93. The molecular formula is C13H19N3O3. The second-order valence-corrected chi connectivity index (χ2v) is 4.93. The first-order valence-electron chi connectivity index (χ1n) is 6.06. The first-order chi connectivity index (χ1) is 8.75. The van der Waals surface area contributed by atoms with Gasteiger partial charge in [-0.2, -0.15) is 0 Å². The summed E-state index contributed by atoms with van der Waals surface area (Å²) in [5, 5.41) is 10.7. The Morgan fingerprint density at radius 1 is 1.37 bits per heavy atom. The molecule has 0 saturated heterocycles. The number of rotatable bonds is 4. The van der Waals surface area contributed by atoms with Crippen molar-refractivity contribution in [3.63, 3.8) is 0 Å². The summed E-state index contributed by atoms with van der Waals surface area (Å²) < 4.78 is 0. The predicted octanol–water partition coefficient (Wildman–Crippen LogP) is 2.29. The maximum absolute atomic E-state index is 12.2. The lowest BCUT2D eigenvalue weighted by Gasteiger charge is -2.28. The average molecular weight is 265 g/mol. The number of nitro benzene ring substituents is 1. The Labute approximate surface area is 112 Å². The van der Waals surface area contributed by atoms with E-state index in [9.17, 15) is 14.9 Å². The van der Waals surface area contributed by atoms with Crippen LogP contribution in [0.15, 0.2) is 18.2 Å². The molecule has 0 aromatic heterocycles. The summed E-state index contributed by atoms with van der Waals surface area (Å²) in [5.41, 5.74) is 5.76. The number of nitrogen functional groups attached to an aromatic ring is 1. The number of carbonyl (C=O) groups is 1. The molecule has 1 unspecified atom stereocenters. The summed E-state index contributed by atoms with van der Waals surface area (Å²) in [6.45, 7) is 6.01. The predicted molar refractivity (Wildman–Crippen MR) is 73.9 cm³/mol. The number of nitrogens with two attached hydrogens (primary N) is 1. The Bertz CT molecular complexity index is 500. The van der Waals surface area contributed by atoms with E-state index in [1.807, 2.05) is 20.8 Å². The van der Waals surface area contributed by atoms with Crippen LogP contribution in [-0.2, 0) is 0 Å². The van der Waals surface area contributed by atoms with Crippen molar-refractivity contribution in [2.75, 3.05) is 12.8 Å². The third-order valence-corrected chi connectivity index (χ3v) is 3.37. The van der Waals surface area contributed by atoms with E-state index in [1.165, 1.54) is 18.2 Å². The maximum atomic E-state index is 12.2. The molecule has 0 bridgehead atoms. The standard InChI is InChI=1S/C13H19N3O3/c1-8(2)9(3)15(4)13(17)10-5-6-12(16(18)19)11(14)7-10/h5-9H,14H2,1-4H3. The number of hydrogen-bond acceptors (Lipinski definition) is 4. The average Bonchev–Trinajstić information content (AvgIpc) is 2.35. The van der Waals surface area contributed by atoms with Gasteiger partial charge >= 0.3 is 0 Å². The molecule has 0 aliphatic carbocycles. The van der Waals surface area contributed by atoms with Gasteiger partial charge in [-0.3, -0.25) is 14.9 Å². The number of carbonyl (C=O) groups excluding carboxylic acids is 1. The molecule has 6 nitrogen and oxygen atoms in total. The molecule has 0 saturated carbocycles. The summed E-state index contributed by atoms with van der Waals surface area (Å²) in [4.78, 5) is 23.9. The van der Waals surface area contributed by atoms with E-state index in [4.69, 9.17) is 5.73 Å². The summed E-state index contributed by atoms with van der Waals surface area (Å²) in [6, 6.07) is 4.12. The van der Waals surface area contributed by atoms with Crippen molar-refractivity contribution < 1.29 is 9.72 Å². The first-order valence-corrected chi connectivity index (χ1v) is 6.06. The minimum atomic E-state index is -0.565. The third-order valence-electron chi connectivity index (χ3n) is 3.37. The maximum Gasteiger partial charge on any atom is 0.292 e. The van der Waals surface area contributed by atoms with E-state index in [0.29, 0.717) is 11.5 Å². The fourth-order valence-corrected chi connectivity index (χ4v) is 1.69. The molecule has 104 valence electrons. The Morgan fingerprint density at radius 3 is 2.37 bits per heavy atom. The topological polar surface area (TPSA) is 89.5 Å². The van der Waals surface area contributed by atoms with Crippen molar-refractivity contribution in [1.82, 2.24) is 4.90 Å². The van der Waals surface area contributed by atoms with Gasteiger partial charge in [0.25, 0.3) is 11.6 Å². The van der Waals surface area contributed by atoms with Gasteiger partial charge in [-0.1, -0.05) is 13.8 Å². The number of anilines is 1. The van der Waals surface area contributed by atoms with Crippen molar-refractivity contribution in [3.05, 3.63) is 33.9 Å². The molecule has 0 radical (unpaired) electrons. The van der Waals surface area contributed by atoms with Gasteiger partial charge in [-0.05, 0) is 25.0 Å². The van der Waals surface area contributed by atoms with Crippen molar-refractivity contribution >= 4 is 17.3 Å². The molecule has 0 heterocycles. The molecule has 1 atom stereocenters. The highest BCUT2D eigenvalue weighted by molar-refractivity contribution is 5.95. The molecule has 2 N–H and O–H groups in total. The number of nitro groups is 1. The molecule has 0 aliphatic rings. The fraction of sp³-hybridized carbons (Fsp3) is 0.462. The zero-order valence-corrected chi connectivity index (χ0v) is 11.6. The number of hydrogen-bond donors (Lipinski definition) is 1. The molecule has 0 fully saturated rings. The van der Waals surface area contributed by atoms with Crippen LogP contribution in [-0.4, -0.2) is 28.8 Å². The van der Waals surface area contributed by atoms with Crippen LogP contribution in [0.25, 0.3) is 0 Å². The third kappa shape index (κ3) is 3.21. The number of nitrogens with zero attached hydrogens (tertiary/aromatic N) is 2. The van der Waals surface area contributed by atoms with Gasteiger partial charge in [0.1, 0.15) is 5.69 Å². The van der Waals surface area contributed by atoms with Crippen LogP contribution in [0.1, 0.15) is 31.1 Å². The zero-order chi connectivity index (χ0) is 14.7. The molecule has 0 spiro atoms. The van der Waals surface area contributed by atoms with Gasteiger partial charge in [0.05, 0.1) is 4.92 Å². The van der Waals surface area contributed by atoms with Crippen molar-refractivity contribution in [3.8, 4) is 0 Å². The highest BCUT2D eigenvalue weighted by Gasteiger charge is 2.21. The summed E-state index contributed by atoms with van der Waals surface area (Å²) in [5.74, 6) is 0.132. The molecule has 1 aromatic rings. The largest absolute Gasteiger partial charge is 0.393 e. The SMILES string of the molecule is CC(C)C(C)N(C)C(=O)c1ccc([N+](=O)[O-])c(N)c1. The van der Waals surface area contributed by atoms with Crippen LogP contribution in [0, 0.1) is 16.0 Å². The van der Waals surface area contributed by atoms with E-state index in [0.717, 1.165) is 0 Å². The van der Waals surface area contributed by atoms with Gasteiger partial charge in [-0.15, -0.1) is 0 Å². The van der Waals surface area contributed by atoms with Crippen molar-refractivity contribution in [2.24, 2.45) is 5.92 Å². The van der Waals surface area contributed by atoms with Gasteiger partial charge in [-0.25, -0.2) is 0 Å². The summed E-state index contributed by atoms with van der Waals surface area (Å²) in [7, 11) is 1.71. The van der Waals surface area contributed by atoms with E-state index in [2.05, 4.69) is 0 Å². The van der Waals surface area contributed by atoms with Crippen LogP contribution in [0.5, 0.6) is 0 Å². The number of amides is 1. The fourth-order valence-electron chi connectivity index (χ4n) is 1.69. The highest BCUT2D eigenvalue weighted by Crippen LogP contribution is 2.23. The molecule has 1 rings (SSSR count). The van der Waals surface area contributed by atoms with Crippen LogP contribution in [0.3, 0.4) is 0 Å². The zero-order valence-electron chi connectivity index (χ0n) is 11.6. The quantitative estimate of drug-likeness (QED) is 0.514. The van der Waals surface area contributed by atoms with E-state index in [1.54, 1.807) is 11.9 Å². The Morgan fingerprint density at radius 2 is 1.95 bits per heavy atom. The van der Waals surface area contributed by atoms with E-state index in [-0.39, 0.29) is 23.3 Å². The number of benzene rings is 1. The van der Waals surface area contributed by atoms with Gasteiger partial charge in [0.2, 0.25) is 0 Å². The van der Waals surface area contributed by atoms with Gasteiger partial charge in [0, 0.05) is 24.7 Å². The molecule has 6 heteroatoms. The van der Waals surface area contributed by atoms with Crippen molar-refractivity contribution in [2.45, 2.75) is 26.8 Å². The normalized spacial score (nSPS) is 12.3. The molecule has 19 heavy (non-hydrogen) atoms. The minimum Gasteiger partial charge on any atom is -0.393 e. The van der Waals surface area contributed by atoms with Crippen LogP contribution < -0.4 is 5.73 Å². The monoisotopic (exact) mass is 265 g/mol. The Hall–Kier alpha value is -2.11. The smallest absolute Gasteiger partial charge is 0.292 e. The van der Waals surface area contributed by atoms with Gasteiger partial charge in [0.15, 0.2) is 0 Å². The van der Waals surface area contributed by atoms with E-state index < -0.39 is 4.92 Å². The summed E-state index contributed by atoms with van der Waals surface area (Å²) in [6.07, 6.45) is 0. The van der Waals surface area contributed by atoms with Crippen LogP contribution in [0.4, 0.5) is 11.4 Å². The summed E-state index contributed by atoms with van der Waals surface area (Å²) >= 11 is 0. The second kappa shape index (κ2) is 5.69. The molecule has 1 aromatic carbocycles. The van der Waals surface area contributed by atoms with E-state index >= 15 is 0 Å². The lowest BCUT2D eigenvalue weighted by Crippen LogP contribution is -2.38. The van der Waals surface area contributed by atoms with Crippen LogP contribution >= 0.6 is 0 Å². The minimum absolute atomic E-state index is 0.00134. The Kier molecular flexibility index (Phi) is 4.47. The van der Waals surface area contributed by atoms with Crippen molar-refractivity contribution in [1.29, 1.82) is 0 Å². The Balaban J connectivity index is 3.01. The first kappa shape index (κ1) is 14.9. The van der Waals surface area contributed by atoms with Gasteiger partial charge < -0.3 is 10.6 Å². The lowest BCUT2D eigenvalue weighted by molar-refractivity contribution is -0.383. The lowest BCUT2D eigenvalue weighted by atomic mass is 10.0. The molecule has 1 amide bonds.